The summed E-state index contributed by atoms with van der Waals surface area (Å²) in [6.07, 6.45) is 0.0712. The van der Waals surface area contributed by atoms with Gasteiger partial charge in [-0.2, -0.15) is 0 Å². The summed E-state index contributed by atoms with van der Waals surface area (Å²) >= 11 is 3.38. The van der Waals surface area contributed by atoms with E-state index in [1.807, 2.05) is 54.6 Å². The molecule has 0 unspecified atom stereocenters. The lowest BCUT2D eigenvalue weighted by Gasteiger charge is -2.12. The van der Waals surface area contributed by atoms with Gasteiger partial charge in [0.15, 0.2) is 6.61 Å². The molecule has 0 heterocycles. The van der Waals surface area contributed by atoms with Crippen molar-refractivity contribution in [1.29, 1.82) is 0 Å². The van der Waals surface area contributed by atoms with Crippen molar-refractivity contribution in [1.82, 2.24) is 5.32 Å². The SMILES string of the molecule is CC(=Nc1ccccc1)C(NC(=O)COC(=O)Cc1ccccc1Br)=C(C)N. The quantitative estimate of drug-likeness (QED) is 0.504. The van der Waals surface area contributed by atoms with E-state index in [2.05, 4.69) is 26.2 Å². The number of nitrogens with two attached hydrogens (primary N) is 1. The molecule has 1 amide bonds. The number of nitrogens with one attached hydrogen (secondary N) is 1. The van der Waals surface area contributed by atoms with Crippen LogP contribution in [0.5, 0.6) is 0 Å². The summed E-state index contributed by atoms with van der Waals surface area (Å²) in [5.74, 6) is -0.977. The van der Waals surface area contributed by atoms with E-state index in [9.17, 15) is 9.59 Å². The highest BCUT2D eigenvalue weighted by Crippen LogP contribution is 2.16. The Morgan fingerprint density at radius 1 is 1.07 bits per heavy atom. The first-order valence-electron chi connectivity index (χ1n) is 8.62. The molecule has 0 aromatic heterocycles. The maximum Gasteiger partial charge on any atom is 0.310 e. The van der Waals surface area contributed by atoms with Gasteiger partial charge in [-0.15, -0.1) is 0 Å². The standard InChI is InChI=1S/C21H22BrN3O3/c1-14(23)21(15(2)24-17-9-4-3-5-10-17)25-19(26)13-28-20(27)12-16-8-6-7-11-18(16)22/h3-11H,12-13,23H2,1-2H3,(H,25,26). The number of aliphatic imine (C=N–C) groups is 1. The van der Waals surface area contributed by atoms with Crippen molar-refractivity contribution in [3.63, 3.8) is 0 Å². The largest absolute Gasteiger partial charge is 0.455 e. The number of carbonyl (C=O) groups is 2. The highest BCUT2D eigenvalue weighted by Gasteiger charge is 2.13. The van der Waals surface area contributed by atoms with Gasteiger partial charge in [-0.25, -0.2) is 0 Å². The molecule has 6 nitrogen and oxygen atoms in total. The summed E-state index contributed by atoms with van der Waals surface area (Å²) in [4.78, 5) is 28.6. The van der Waals surface area contributed by atoms with E-state index in [1.165, 1.54) is 0 Å². The first-order chi connectivity index (χ1) is 13.4. The van der Waals surface area contributed by atoms with E-state index in [4.69, 9.17) is 10.5 Å². The van der Waals surface area contributed by atoms with Gasteiger partial charge in [-0.3, -0.25) is 14.6 Å². The van der Waals surface area contributed by atoms with Crippen molar-refractivity contribution in [2.75, 3.05) is 6.61 Å². The Morgan fingerprint density at radius 2 is 1.71 bits per heavy atom. The Hall–Kier alpha value is -2.93. The Bertz CT molecular complexity index is 904. The lowest BCUT2D eigenvalue weighted by molar-refractivity contribution is -0.147. The molecule has 2 aromatic rings. The second kappa shape index (κ2) is 10.4. The van der Waals surface area contributed by atoms with Crippen molar-refractivity contribution in [2.45, 2.75) is 20.3 Å². The van der Waals surface area contributed by atoms with Crippen LogP contribution in [0.3, 0.4) is 0 Å². The van der Waals surface area contributed by atoms with E-state index in [1.54, 1.807) is 13.8 Å². The molecule has 7 heteroatoms. The molecule has 146 valence electrons. The molecule has 0 atom stereocenters. The number of benzene rings is 2. The molecular formula is C21H22BrN3O3. The average Bonchev–Trinajstić information content (AvgIpc) is 2.66. The first kappa shape index (κ1) is 21.4. The van der Waals surface area contributed by atoms with Crippen molar-refractivity contribution >= 4 is 39.2 Å². The van der Waals surface area contributed by atoms with Crippen molar-refractivity contribution < 1.29 is 14.3 Å². The second-order valence-electron chi connectivity index (χ2n) is 6.07. The highest BCUT2D eigenvalue weighted by molar-refractivity contribution is 9.10. The molecule has 0 aliphatic rings. The molecule has 0 fully saturated rings. The maximum atomic E-state index is 12.2. The Kier molecular flexibility index (Phi) is 7.95. The lowest BCUT2D eigenvalue weighted by Crippen LogP contribution is -2.32. The van der Waals surface area contributed by atoms with Crippen LogP contribution in [0.4, 0.5) is 5.69 Å². The first-order valence-corrected chi connectivity index (χ1v) is 9.42. The van der Waals surface area contributed by atoms with Gasteiger partial charge in [0.25, 0.3) is 5.91 Å². The van der Waals surface area contributed by atoms with Gasteiger partial charge in [0.05, 0.1) is 23.5 Å². The van der Waals surface area contributed by atoms with Crippen LogP contribution in [0.1, 0.15) is 19.4 Å². The zero-order valence-electron chi connectivity index (χ0n) is 15.7. The third-order valence-electron chi connectivity index (χ3n) is 3.73. The fraction of sp³-hybridized carbons (Fsp3) is 0.190. The van der Waals surface area contributed by atoms with E-state index < -0.39 is 18.5 Å². The number of amides is 1. The molecule has 0 spiro atoms. The van der Waals surface area contributed by atoms with Crippen LogP contribution < -0.4 is 11.1 Å². The molecule has 0 saturated carbocycles. The molecular weight excluding hydrogens is 422 g/mol. The number of hydrogen-bond acceptors (Lipinski definition) is 5. The second-order valence-corrected chi connectivity index (χ2v) is 6.92. The molecule has 0 saturated heterocycles. The topological polar surface area (TPSA) is 93.8 Å². The number of hydrogen-bond donors (Lipinski definition) is 2. The molecule has 28 heavy (non-hydrogen) atoms. The van der Waals surface area contributed by atoms with E-state index >= 15 is 0 Å². The predicted octanol–water partition coefficient (Wildman–Crippen LogP) is 3.63. The van der Waals surface area contributed by atoms with Gasteiger partial charge in [0.2, 0.25) is 0 Å². The molecule has 2 aromatic carbocycles. The van der Waals surface area contributed by atoms with Crippen LogP contribution in [0.25, 0.3) is 0 Å². The predicted molar refractivity (Wildman–Crippen MR) is 113 cm³/mol. The fourth-order valence-corrected chi connectivity index (χ4v) is 2.82. The summed E-state index contributed by atoms with van der Waals surface area (Å²) in [6, 6.07) is 16.7. The van der Waals surface area contributed by atoms with Crippen LogP contribution in [0, 0.1) is 0 Å². The monoisotopic (exact) mass is 443 g/mol. The van der Waals surface area contributed by atoms with Gasteiger partial charge in [-0.05, 0) is 37.6 Å². The summed E-state index contributed by atoms with van der Waals surface area (Å²) in [5.41, 5.74) is 8.78. The number of para-hydroxylation sites is 1. The summed E-state index contributed by atoms with van der Waals surface area (Å²) in [5, 5.41) is 2.67. The van der Waals surface area contributed by atoms with Crippen LogP contribution in [0.15, 0.2) is 75.5 Å². The van der Waals surface area contributed by atoms with Crippen molar-refractivity contribution in [3.8, 4) is 0 Å². The minimum Gasteiger partial charge on any atom is -0.455 e. The van der Waals surface area contributed by atoms with E-state index in [0.717, 1.165) is 15.7 Å². The highest BCUT2D eigenvalue weighted by atomic mass is 79.9. The smallest absolute Gasteiger partial charge is 0.310 e. The molecule has 0 aliphatic carbocycles. The average molecular weight is 444 g/mol. The molecule has 2 rings (SSSR count). The summed E-state index contributed by atoms with van der Waals surface area (Å²) in [7, 11) is 0. The zero-order valence-corrected chi connectivity index (χ0v) is 17.3. The number of halogens is 1. The Balaban J connectivity index is 1.94. The number of rotatable bonds is 7. The van der Waals surface area contributed by atoms with Crippen molar-refractivity contribution in [2.24, 2.45) is 10.7 Å². The number of carbonyl (C=O) groups excluding carboxylic acids is 2. The van der Waals surface area contributed by atoms with Gasteiger partial charge in [0.1, 0.15) is 0 Å². The molecule has 0 aliphatic heterocycles. The van der Waals surface area contributed by atoms with Gasteiger partial charge >= 0.3 is 5.97 Å². The summed E-state index contributed by atoms with van der Waals surface area (Å²) in [6.45, 7) is 3.01. The minimum absolute atomic E-state index is 0.0712. The van der Waals surface area contributed by atoms with Gasteiger partial charge < -0.3 is 15.8 Å². The number of ether oxygens (including phenoxy) is 1. The number of allylic oxidation sites excluding steroid dienone is 2. The van der Waals surface area contributed by atoms with Crippen LogP contribution in [0.2, 0.25) is 0 Å². The molecule has 0 bridgehead atoms. The van der Waals surface area contributed by atoms with E-state index in [-0.39, 0.29) is 6.42 Å². The maximum absolute atomic E-state index is 12.2. The van der Waals surface area contributed by atoms with Crippen LogP contribution in [-0.2, 0) is 20.7 Å². The van der Waals surface area contributed by atoms with Gasteiger partial charge in [0, 0.05) is 10.2 Å². The Labute approximate surface area is 172 Å². The fourth-order valence-electron chi connectivity index (χ4n) is 2.40. The minimum atomic E-state index is -0.494. The lowest BCUT2D eigenvalue weighted by atomic mass is 10.1. The van der Waals surface area contributed by atoms with Crippen LogP contribution in [-0.4, -0.2) is 24.2 Å². The molecule has 3 N–H and O–H groups in total. The molecule has 0 radical (unpaired) electrons. The third-order valence-corrected chi connectivity index (χ3v) is 4.50. The zero-order chi connectivity index (χ0) is 20.5. The normalized spacial score (nSPS) is 12.2. The van der Waals surface area contributed by atoms with Crippen molar-refractivity contribution in [3.05, 3.63) is 76.0 Å². The number of esters is 1. The summed E-state index contributed by atoms with van der Waals surface area (Å²) < 4.78 is 5.88. The third kappa shape index (κ3) is 6.66. The number of nitrogens with zero attached hydrogens (tertiary/aromatic N) is 1. The Morgan fingerprint density at radius 3 is 2.36 bits per heavy atom. The van der Waals surface area contributed by atoms with E-state index in [0.29, 0.717) is 17.1 Å². The van der Waals surface area contributed by atoms with Gasteiger partial charge in [-0.1, -0.05) is 52.3 Å². The van der Waals surface area contributed by atoms with Crippen LogP contribution >= 0.6 is 15.9 Å².